The second-order valence-electron chi connectivity index (χ2n) is 5.80. The van der Waals surface area contributed by atoms with Crippen LogP contribution in [0.5, 0.6) is 0 Å². The number of carbonyl (C=O) groups is 1. The van der Waals surface area contributed by atoms with Gasteiger partial charge in [-0.25, -0.2) is 0 Å². The third-order valence-electron chi connectivity index (χ3n) is 4.30. The molecule has 2 saturated heterocycles. The minimum Gasteiger partial charge on any atom is -0.383 e. The molecule has 2 aliphatic heterocycles. The monoisotopic (exact) mass is 270 g/mol. The average Bonchev–Trinajstić information content (AvgIpc) is 2.85. The molecule has 2 aliphatic rings. The maximum absolute atomic E-state index is 12.3. The van der Waals surface area contributed by atoms with E-state index in [0.717, 1.165) is 26.1 Å². The van der Waals surface area contributed by atoms with E-state index in [9.17, 15) is 4.79 Å². The first-order valence-electron chi connectivity index (χ1n) is 7.25. The summed E-state index contributed by atoms with van der Waals surface area (Å²) in [6.07, 6.45) is 1.24. The van der Waals surface area contributed by atoms with Crippen LogP contribution in [0, 0.1) is 11.8 Å². The van der Waals surface area contributed by atoms with Crippen LogP contribution in [0.2, 0.25) is 0 Å². The highest BCUT2D eigenvalue weighted by Crippen LogP contribution is 2.34. The van der Waals surface area contributed by atoms with E-state index in [0.29, 0.717) is 25.1 Å². The molecular weight excluding hydrogens is 244 g/mol. The van der Waals surface area contributed by atoms with Crippen molar-refractivity contribution in [3.63, 3.8) is 0 Å². The lowest BCUT2D eigenvalue weighted by molar-refractivity contribution is -0.131. The molecule has 0 aliphatic carbocycles. The summed E-state index contributed by atoms with van der Waals surface area (Å²) < 4.78 is 10.8. The van der Waals surface area contributed by atoms with Crippen molar-refractivity contribution in [3.05, 3.63) is 0 Å². The Balaban J connectivity index is 1.97. The molecule has 0 aromatic rings. The lowest BCUT2D eigenvalue weighted by Gasteiger charge is -2.41. The molecule has 2 heterocycles. The van der Waals surface area contributed by atoms with Gasteiger partial charge in [0.15, 0.2) is 0 Å². The SMILES string of the molecule is COCCNC(=O)[C@H]1CN(C(C)C)C[C@H]2OCC[C@@H]12. The summed E-state index contributed by atoms with van der Waals surface area (Å²) in [5.41, 5.74) is 0. The van der Waals surface area contributed by atoms with Gasteiger partial charge in [-0.3, -0.25) is 9.69 Å². The van der Waals surface area contributed by atoms with Crippen LogP contribution in [0.1, 0.15) is 20.3 Å². The van der Waals surface area contributed by atoms with Crippen molar-refractivity contribution in [1.82, 2.24) is 10.2 Å². The summed E-state index contributed by atoms with van der Waals surface area (Å²) in [6, 6.07) is 0.458. The van der Waals surface area contributed by atoms with Gasteiger partial charge in [0.2, 0.25) is 5.91 Å². The van der Waals surface area contributed by atoms with E-state index in [-0.39, 0.29) is 17.9 Å². The number of carbonyl (C=O) groups excluding carboxylic acids is 1. The van der Waals surface area contributed by atoms with Crippen LogP contribution in [0.3, 0.4) is 0 Å². The van der Waals surface area contributed by atoms with Crippen molar-refractivity contribution in [1.29, 1.82) is 0 Å². The number of fused-ring (bicyclic) bond motifs is 1. The second-order valence-corrected chi connectivity index (χ2v) is 5.80. The van der Waals surface area contributed by atoms with Crippen LogP contribution in [-0.4, -0.2) is 62.9 Å². The molecular formula is C14H26N2O3. The van der Waals surface area contributed by atoms with Gasteiger partial charge < -0.3 is 14.8 Å². The topological polar surface area (TPSA) is 50.8 Å². The highest BCUT2D eigenvalue weighted by atomic mass is 16.5. The number of hydrogen-bond acceptors (Lipinski definition) is 4. The first-order valence-corrected chi connectivity index (χ1v) is 7.25. The minimum atomic E-state index is 0.0560. The Morgan fingerprint density at radius 3 is 2.95 bits per heavy atom. The number of ether oxygens (including phenoxy) is 2. The maximum atomic E-state index is 12.3. The van der Waals surface area contributed by atoms with Crippen LogP contribution >= 0.6 is 0 Å². The zero-order valence-corrected chi connectivity index (χ0v) is 12.2. The molecule has 19 heavy (non-hydrogen) atoms. The number of piperidine rings is 1. The zero-order valence-electron chi connectivity index (χ0n) is 12.2. The summed E-state index contributed by atoms with van der Waals surface area (Å²) >= 11 is 0. The van der Waals surface area contributed by atoms with Crippen molar-refractivity contribution >= 4 is 5.91 Å². The molecule has 2 fully saturated rings. The Morgan fingerprint density at radius 2 is 2.26 bits per heavy atom. The van der Waals surface area contributed by atoms with Crippen molar-refractivity contribution < 1.29 is 14.3 Å². The first kappa shape index (κ1) is 14.8. The lowest BCUT2D eigenvalue weighted by atomic mass is 9.81. The fourth-order valence-electron chi connectivity index (χ4n) is 3.11. The van der Waals surface area contributed by atoms with Gasteiger partial charge in [0.25, 0.3) is 0 Å². The van der Waals surface area contributed by atoms with Crippen LogP contribution in [-0.2, 0) is 14.3 Å². The van der Waals surface area contributed by atoms with Gasteiger partial charge in [-0.1, -0.05) is 0 Å². The van der Waals surface area contributed by atoms with Gasteiger partial charge in [-0.2, -0.15) is 0 Å². The van der Waals surface area contributed by atoms with E-state index in [2.05, 4.69) is 24.1 Å². The Kier molecular flexibility index (Phi) is 5.19. The Bertz CT molecular complexity index is 309. The van der Waals surface area contributed by atoms with Gasteiger partial charge in [-0.15, -0.1) is 0 Å². The Hall–Kier alpha value is -0.650. The quantitative estimate of drug-likeness (QED) is 0.739. The summed E-state index contributed by atoms with van der Waals surface area (Å²) in [6.45, 7) is 8.11. The summed E-state index contributed by atoms with van der Waals surface area (Å²) in [5.74, 6) is 0.598. The molecule has 2 rings (SSSR count). The number of amides is 1. The molecule has 0 aromatic carbocycles. The smallest absolute Gasteiger partial charge is 0.224 e. The van der Waals surface area contributed by atoms with Gasteiger partial charge in [0, 0.05) is 45.3 Å². The third kappa shape index (κ3) is 3.46. The van der Waals surface area contributed by atoms with E-state index in [1.54, 1.807) is 7.11 Å². The minimum absolute atomic E-state index is 0.0560. The molecule has 110 valence electrons. The molecule has 0 bridgehead atoms. The van der Waals surface area contributed by atoms with Crippen LogP contribution < -0.4 is 5.32 Å². The molecule has 0 spiro atoms. The van der Waals surface area contributed by atoms with E-state index in [1.807, 2.05) is 0 Å². The number of methoxy groups -OCH3 is 1. The molecule has 1 N–H and O–H groups in total. The number of nitrogens with zero attached hydrogens (tertiary/aromatic N) is 1. The second kappa shape index (κ2) is 6.68. The lowest BCUT2D eigenvalue weighted by Crippen LogP contribution is -2.54. The molecule has 1 amide bonds. The molecule has 3 atom stereocenters. The van der Waals surface area contributed by atoms with E-state index < -0.39 is 0 Å². The molecule has 0 saturated carbocycles. The van der Waals surface area contributed by atoms with E-state index >= 15 is 0 Å². The zero-order chi connectivity index (χ0) is 13.8. The fraction of sp³-hybridized carbons (Fsp3) is 0.929. The molecule has 5 heteroatoms. The van der Waals surface area contributed by atoms with Crippen LogP contribution in [0.15, 0.2) is 0 Å². The van der Waals surface area contributed by atoms with Gasteiger partial charge >= 0.3 is 0 Å². The fourth-order valence-corrected chi connectivity index (χ4v) is 3.11. The van der Waals surface area contributed by atoms with Gasteiger partial charge in [0.05, 0.1) is 18.6 Å². The number of rotatable bonds is 5. The first-order chi connectivity index (χ1) is 9.13. The summed E-state index contributed by atoms with van der Waals surface area (Å²) in [4.78, 5) is 14.7. The van der Waals surface area contributed by atoms with E-state index in [4.69, 9.17) is 9.47 Å². The molecule has 0 unspecified atom stereocenters. The maximum Gasteiger partial charge on any atom is 0.224 e. The average molecular weight is 270 g/mol. The third-order valence-corrected chi connectivity index (χ3v) is 4.30. The van der Waals surface area contributed by atoms with Gasteiger partial charge in [0.1, 0.15) is 0 Å². The highest BCUT2D eigenvalue weighted by Gasteiger charge is 2.44. The number of likely N-dealkylation sites (tertiary alicyclic amines) is 1. The Morgan fingerprint density at radius 1 is 1.47 bits per heavy atom. The summed E-state index contributed by atoms with van der Waals surface area (Å²) in [7, 11) is 1.65. The predicted octanol–water partition coefficient (Wildman–Crippen LogP) is 0.494. The van der Waals surface area contributed by atoms with Crippen molar-refractivity contribution in [2.45, 2.75) is 32.4 Å². The molecule has 0 aromatic heterocycles. The standard InChI is InChI=1S/C14H26N2O3/c1-10(2)16-8-12(14(17)15-5-7-18-3)11-4-6-19-13(11)9-16/h10-13H,4-9H2,1-3H3,(H,15,17)/t11-,12-,13+/m0/s1. The highest BCUT2D eigenvalue weighted by molar-refractivity contribution is 5.79. The predicted molar refractivity (Wildman–Crippen MR) is 72.9 cm³/mol. The van der Waals surface area contributed by atoms with Crippen LogP contribution in [0.25, 0.3) is 0 Å². The van der Waals surface area contributed by atoms with Gasteiger partial charge in [-0.05, 0) is 20.3 Å². The Labute approximate surface area is 115 Å². The number of hydrogen-bond donors (Lipinski definition) is 1. The van der Waals surface area contributed by atoms with Crippen molar-refractivity contribution in [2.75, 3.05) is 40.0 Å². The normalized spacial score (nSPS) is 31.5. The van der Waals surface area contributed by atoms with E-state index in [1.165, 1.54) is 0 Å². The molecule has 5 nitrogen and oxygen atoms in total. The molecule has 0 radical (unpaired) electrons. The van der Waals surface area contributed by atoms with Crippen molar-refractivity contribution in [2.24, 2.45) is 11.8 Å². The van der Waals surface area contributed by atoms with Crippen molar-refractivity contribution in [3.8, 4) is 0 Å². The summed E-state index contributed by atoms with van der Waals surface area (Å²) in [5, 5.41) is 2.98. The largest absolute Gasteiger partial charge is 0.383 e. The van der Waals surface area contributed by atoms with Crippen LogP contribution in [0.4, 0.5) is 0 Å². The number of nitrogens with one attached hydrogen (secondary N) is 1.